The second-order valence-corrected chi connectivity index (χ2v) is 4.74. The fourth-order valence-electron chi connectivity index (χ4n) is 2.15. The Morgan fingerprint density at radius 3 is 3.10 bits per heavy atom. The van der Waals surface area contributed by atoms with Gasteiger partial charge in [-0.25, -0.2) is 0 Å². The number of aromatic nitrogens is 3. The lowest BCUT2D eigenvalue weighted by atomic mass is 10.1. The summed E-state index contributed by atoms with van der Waals surface area (Å²) in [5.41, 5.74) is 7.83. The van der Waals surface area contributed by atoms with Crippen molar-refractivity contribution in [1.82, 2.24) is 20.4 Å². The molecule has 0 fully saturated rings. The monoisotopic (exact) mass is 285 g/mol. The third-order valence-corrected chi connectivity index (χ3v) is 3.15. The second kappa shape index (κ2) is 5.28. The van der Waals surface area contributed by atoms with Gasteiger partial charge in [-0.3, -0.25) is 4.79 Å². The topological polar surface area (TPSA) is 110 Å². The first-order chi connectivity index (χ1) is 10.1. The maximum Gasteiger partial charge on any atom is 0.253 e. The SMILES string of the molecule is Cc1nc(CCNC(=O)c2c[nH]c3ccc(N)cc23)no1. The second-order valence-electron chi connectivity index (χ2n) is 4.74. The maximum absolute atomic E-state index is 12.2. The minimum absolute atomic E-state index is 0.160. The third-order valence-electron chi connectivity index (χ3n) is 3.15. The Morgan fingerprint density at radius 2 is 2.33 bits per heavy atom. The van der Waals surface area contributed by atoms with Crippen LogP contribution in [-0.2, 0) is 6.42 Å². The number of amides is 1. The van der Waals surface area contributed by atoms with E-state index in [1.54, 1.807) is 25.3 Å². The fourth-order valence-corrected chi connectivity index (χ4v) is 2.15. The predicted molar refractivity (Wildman–Crippen MR) is 77.8 cm³/mol. The van der Waals surface area contributed by atoms with E-state index in [1.165, 1.54) is 0 Å². The van der Waals surface area contributed by atoms with E-state index in [0.29, 0.717) is 35.9 Å². The van der Waals surface area contributed by atoms with Crippen LogP contribution >= 0.6 is 0 Å². The molecule has 4 N–H and O–H groups in total. The lowest BCUT2D eigenvalue weighted by Gasteiger charge is -2.02. The molecule has 21 heavy (non-hydrogen) atoms. The van der Waals surface area contributed by atoms with Crippen molar-refractivity contribution < 1.29 is 9.32 Å². The first kappa shape index (κ1) is 13.2. The molecule has 108 valence electrons. The Morgan fingerprint density at radius 1 is 1.48 bits per heavy atom. The van der Waals surface area contributed by atoms with Gasteiger partial charge in [0.05, 0.1) is 5.56 Å². The normalized spacial score (nSPS) is 10.9. The first-order valence-electron chi connectivity index (χ1n) is 6.57. The highest BCUT2D eigenvalue weighted by Crippen LogP contribution is 2.20. The summed E-state index contributed by atoms with van der Waals surface area (Å²) < 4.78 is 4.87. The lowest BCUT2D eigenvalue weighted by Crippen LogP contribution is -2.25. The van der Waals surface area contributed by atoms with E-state index in [0.717, 1.165) is 10.9 Å². The number of aromatic amines is 1. The van der Waals surface area contributed by atoms with Gasteiger partial charge in [-0.05, 0) is 18.2 Å². The summed E-state index contributed by atoms with van der Waals surface area (Å²) in [4.78, 5) is 19.3. The Labute approximate surface area is 120 Å². The molecule has 1 amide bonds. The molecule has 3 rings (SSSR count). The summed E-state index contributed by atoms with van der Waals surface area (Å²) in [5.74, 6) is 0.937. The van der Waals surface area contributed by atoms with E-state index in [4.69, 9.17) is 10.3 Å². The van der Waals surface area contributed by atoms with E-state index >= 15 is 0 Å². The van der Waals surface area contributed by atoms with Crippen LogP contribution in [0.3, 0.4) is 0 Å². The summed E-state index contributed by atoms with van der Waals surface area (Å²) in [6.45, 7) is 2.16. The summed E-state index contributed by atoms with van der Waals surface area (Å²) in [6.07, 6.45) is 2.20. The van der Waals surface area contributed by atoms with Gasteiger partial charge in [0.15, 0.2) is 5.82 Å². The van der Waals surface area contributed by atoms with E-state index in [2.05, 4.69) is 20.4 Å². The average Bonchev–Trinajstić information content (AvgIpc) is 3.04. The molecule has 7 nitrogen and oxygen atoms in total. The number of H-pyrrole nitrogens is 1. The molecule has 0 saturated heterocycles. The van der Waals surface area contributed by atoms with E-state index in [9.17, 15) is 4.79 Å². The number of rotatable bonds is 4. The predicted octanol–water partition coefficient (Wildman–Crippen LogP) is 1.41. The number of fused-ring (bicyclic) bond motifs is 1. The van der Waals surface area contributed by atoms with Gasteiger partial charge in [0, 0.05) is 42.7 Å². The molecule has 0 aliphatic rings. The zero-order valence-electron chi connectivity index (χ0n) is 11.5. The molecular weight excluding hydrogens is 270 g/mol. The highest BCUT2D eigenvalue weighted by molar-refractivity contribution is 6.07. The summed E-state index contributed by atoms with van der Waals surface area (Å²) in [7, 11) is 0. The van der Waals surface area contributed by atoms with Crippen LogP contribution in [0.2, 0.25) is 0 Å². The minimum Gasteiger partial charge on any atom is -0.399 e. The number of aryl methyl sites for hydroxylation is 1. The van der Waals surface area contributed by atoms with Crippen molar-refractivity contribution in [3.8, 4) is 0 Å². The molecule has 1 aromatic carbocycles. The highest BCUT2D eigenvalue weighted by atomic mass is 16.5. The molecule has 0 aliphatic carbocycles. The van der Waals surface area contributed by atoms with Crippen molar-refractivity contribution in [2.45, 2.75) is 13.3 Å². The Balaban J connectivity index is 1.68. The molecule has 0 unspecified atom stereocenters. The Bertz CT molecular complexity index is 790. The zero-order chi connectivity index (χ0) is 14.8. The Kier molecular flexibility index (Phi) is 3.31. The van der Waals surface area contributed by atoms with Crippen LogP contribution in [0.4, 0.5) is 5.69 Å². The zero-order valence-corrected chi connectivity index (χ0v) is 11.5. The Hall–Kier alpha value is -2.83. The van der Waals surface area contributed by atoms with Gasteiger partial charge in [-0.15, -0.1) is 0 Å². The van der Waals surface area contributed by atoms with Crippen molar-refractivity contribution in [2.75, 3.05) is 12.3 Å². The molecule has 2 heterocycles. The molecule has 0 radical (unpaired) electrons. The standard InChI is InChI=1S/C14H15N5O2/c1-8-18-13(19-21-8)4-5-16-14(20)11-7-17-12-3-2-9(15)6-10(11)12/h2-3,6-7,17H,4-5,15H2,1H3,(H,16,20). The van der Waals surface area contributed by atoms with Gasteiger partial charge in [-0.1, -0.05) is 5.16 Å². The highest BCUT2D eigenvalue weighted by Gasteiger charge is 2.12. The quantitative estimate of drug-likeness (QED) is 0.628. The van der Waals surface area contributed by atoms with Crippen molar-refractivity contribution in [2.24, 2.45) is 0 Å². The maximum atomic E-state index is 12.2. The van der Waals surface area contributed by atoms with Crippen LogP contribution in [0.1, 0.15) is 22.1 Å². The van der Waals surface area contributed by atoms with Crippen molar-refractivity contribution in [3.05, 3.63) is 41.7 Å². The number of nitrogen functional groups attached to an aromatic ring is 1. The van der Waals surface area contributed by atoms with Crippen molar-refractivity contribution in [3.63, 3.8) is 0 Å². The average molecular weight is 285 g/mol. The van der Waals surface area contributed by atoms with Crippen LogP contribution < -0.4 is 11.1 Å². The van der Waals surface area contributed by atoms with Gasteiger partial charge in [0.25, 0.3) is 5.91 Å². The van der Waals surface area contributed by atoms with Gasteiger partial charge in [0.1, 0.15) is 0 Å². The molecule has 7 heteroatoms. The van der Waals surface area contributed by atoms with E-state index < -0.39 is 0 Å². The number of anilines is 1. The molecule has 0 spiro atoms. The fraction of sp³-hybridized carbons (Fsp3) is 0.214. The van der Waals surface area contributed by atoms with Gasteiger partial charge < -0.3 is 20.6 Å². The van der Waals surface area contributed by atoms with Crippen molar-refractivity contribution in [1.29, 1.82) is 0 Å². The van der Waals surface area contributed by atoms with Crippen molar-refractivity contribution >= 4 is 22.5 Å². The number of nitrogens with two attached hydrogens (primary N) is 1. The summed E-state index contributed by atoms with van der Waals surface area (Å²) in [6, 6.07) is 5.42. The first-order valence-corrected chi connectivity index (χ1v) is 6.57. The van der Waals surface area contributed by atoms with E-state index in [-0.39, 0.29) is 5.91 Å². The number of nitrogens with zero attached hydrogens (tertiary/aromatic N) is 2. The molecule has 3 aromatic rings. The molecule has 2 aromatic heterocycles. The van der Waals surface area contributed by atoms with Gasteiger partial charge >= 0.3 is 0 Å². The molecule has 0 atom stereocenters. The molecular formula is C14H15N5O2. The number of carbonyl (C=O) groups is 1. The van der Waals surface area contributed by atoms with Crippen LogP contribution in [0, 0.1) is 6.92 Å². The molecule has 0 bridgehead atoms. The summed E-state index contributed by atoms with van der Waals surface area (Å²) >= 11 is 0. The smallest absolute Gasteiger partial charge is 0.253 e. The lowest BCUT2D eigenvalue weighted by molar-refractivity contribution is 0.0955. The minimum atomic E-state index is -0.160. The number of benzene rings is 1. The van der Waals surface area contributed by atoms with Crippen LogP contribution in [-0.4, -0.2) is 27.6 Å². The third kappa shape index (κ3) is 2.71. The van der Waals surface area contributed by atoms with Crippen LogP contribution in [0.15, 0.2) is 28.9 Å². The molecule has 0 aliphatic heterocycles. The van der Waals surface area contributed by atoms with E-state index in [1.807, 2.05) is 6.07 Å². The number of nitrogens with one attached hydrogen (secondary N) is 2. The molecule has 0 saturated carbocycles. The van der Waals surface area contributed by atoms with Crippen LogP contribution in [0.25, 0.3) is 10.9 Å². The largest absolute Gasteiger partial charge is 0.399 e. The summed E-state index contributed by atoms with van der Waals surface area (Å²) in [5, 5.41) is 7.42. The number of hydrogen-bond acceptors (Lipinski definition) is 5. The van der Waals surface area contributed by atoms with Gasteiger partial charge in [-0.2, -0.15) is 4.98 Å². The van der Waals surface area contributed by atoms with Crippen LogP contribution in [0.5, 0.6) is 0 Å². The number of carbonyl (C=O) groups excluding carboxylic acids is 1. The number of hydrogen-bond donors (Lipinski definition) is 3. The van der Waals surface area contributed by atoms with Gasteiger partial charge in [0.2, 0.25) is 5.89 Å².